The molecule has 1 unspecified atom stereocenters. The van der Waals surface area contributed by atoms with Crippen LogP contribution in [0.3, 0.4) is 0 Å². The first-order valence-corrected chi connectivity index (χ1v) is 8.80. The van der Waals surface area contributed by atoms with Gasteiger partial charge in [-0.2, -0.15) is 8.42 Å². The van der Waals surface area contributed by atoms with Crippen LogP contribution in [0.15, 0.2) is 22.8 Å². The molecule has 0 spiro atoms. The van der Waals surface area contributed by atoms with E-state index in [1.165, 1.54) is 5.57 Å². The lowest BCUT2D eigenvalue weighted by molar-refractivity contribution is 0.0442. The molecule has 0 bridgehead atoms. The Morgan fingerprint density at radius 2 is 2.00 bits per heavy atom. The molecule has 0 aromatic carbocycles. The zero-order chi connectivity index (χ0) is 15.1. The normalized spacial score (nSPS) is 31.3. The molecule has 4 nitrogen and oxygen atoms in total. The minimum absolute atomic E-state index is 0.112. The third-order valence-electron chi connectivity index (χ3n) is 4.59. The third-order valence-corrected chi connectivity index (χ3v) is 5.31. The van der Waals surface area contributed by atoms with Crippen molar-refractivity contribution in [3.8, 4) is 0 Å². The predicted molar refractivity (Wildman–Crippen MR) is 78.9 cm³/mol. The van der Waals surface area contributed by atoms with Crippen molar-refractivity contribution < 1.29 is 18.1 Å². The first-order valence-electron chi connectivity index (χ1n) is 7.19. The van der Waals surface area contributed by atoms with Crippen LogP contribution in [0.5, 0.6) is 0 Å². The quantitative estimate of drug-likeness (QED) is 0.621. The van der Waals surface area contributed by atoms with Gasteiger partial charge in [0.25, 0.3) is 10.1 Å². The summed E-state index contributed by atoms with van der Waals surface area (Å²) in [7, 11) is -4.02. The summed E-state index contributed by atoms with van der Waals surface area (Å²) in [5, 5.41) is 10.5. The van der Waals surface area contributed by atoms with Crippen molar-refractivity contribution in [1.29, 1.82) is 0 Å². The van der Waals surface area contributed by atoms with Gasteiger partial charge in [0, 0.05) is 5.92 Å². The zero-order valence-corrected chi connectivity index (χ0v) is 13.2. The summed E-state index contributed by atoms with van der Waals surface area (Å²) in [6.07, 6.45) is 4.95. The molecule has 1 saturated carbocycles. The molecule has 2 rings (SSSR count). The lowest BCUT2D eigenvalue weighted by atomic mass is 9.87. The van der Waals surface area contributed by atoms with Crippen LogP contribution in [0.1, 0.15) is 46.5 Å². The van der Waals surface area contributed by atoms with Gasteiger partial charge in [0.05, 0.1) is 11.4 Å². The Morgan fingerprint density at radius 3 is 2.55 bits per heavy atom. The Bertz CT molecular complexity index is 552. The van der Waals surface area contributed by atoms with Gasteiger partial charge >= 0.3 is 0 Å². The second-order valence-electron chi connectivity index (χ2n) is 6.59. The van der Waals surface area contributed by atoms with Gasteiger partial charge in [-0.3, -0.25) is 4.55 Å². The maximum atomic E-state index is 11.2. The van der Waals surface area contributed by atoms with Gasteiger partial charge in [0.15, 0.2) is 0 Å². The first kappa shape index (κ1) is 15.7. The van der Waals surface area contributed by atoms with Crippen molar-refractivity contribution in [3.05, 3.63) is 22.8 Å². The number of allylic oxidation sites excluding steroid dienone is 1. The molecule has 2 atom stereocenters. The van der Waals surface area contributed by atoms with Crippen LogP contribution < -0.4 is 0 Å². The largest absolute Gasteiger partial charge is 0.389 e. The fourth-order valence-corrected chi connectivity index (χ4v) is 4.14. The maximum Gasteiger partial charge on any atom is 0.268 e. The van der Waals surface area contributed by atoms with Gasteiger partial charge in [-0.25, -0.2) is 0 Å². The summed E-state index contributed by atoms with van der Waals surface area (Å²) in [6, 6.07) is 0. The van der Waals surface area contributed by atoms with Crippen LogP contribution in [-0.4, -0.2) is 29.4 Å². The van der Waals surface area contributed by atoms with Gasteiger partial charge < -0.3 is 5.11 Å². The van der Waals surface area contributed by atoms with E-state index in [9.17, 15) is 13.5 Å². The van der Waals surface area contributed by atoms with E-state index < -0.39 is 15.7 Å². The van der Waals surface area contributed by atoms with Crippen LogP contribution in [0.25, 0.3) is 0 Å². The van der Waals surface area contributed by atoms with Gasteiger partial charge in [-0.1, -0.05) is 36.6 Å². The SMILES string of the molecule is CC(C)C1=CC2C(=C(CS(=O)(=O)O)CC1)CC[C@]2(C)O. The smallest absolute Gasteiger partial charge is 0.268 e. The first-order chi connectivity index (χ1) is 9.10. The van der Waals surface area contributed by atoms with Crippen molar-refractivity contribution in [1.82, 2.24) is 0 Å². The average molecular weight is 300 g/mol. The summed E-state index contributed by atoms with van der Waals surface area (Å²) in [5.74, 6) is -0.0226. The standard InChI is InChI=1S/C15H24O4S/c1-10(2)11-4-5-12(9-20(17,18)19)13-6-7-15(3,16)14(13)8-11/h8,10,14,16H,4-7,9H2,1-3H3,(H,17,18,19)/t14?,15-/m0/s1. The number of hydrogen-bond donors (Lipinski definition) is 2. The molecule has 0 aromatic heterocycles. The molecule has 0 aromatic rings. The van der Waals surface area contributed by atoms with E-state index in [-0.39, 0.29) is 11.7 Å². The lowest BCUT2D eigenvalue weighted by Crippen LogP contribution is -2.28. The fourth-order valence-electron chi connectivity index (χ4n) is 3.37. The fraction of sp³-hybridized carbons (Fsp3) is 0.733. The van der Waals surface area contributed by atoms with E-state index in [0.29, 0.717) is 25.2 Å². The van der Waals surface area contributed by atoms with Crippen molar-refractivity contribution in [3.63, 3.8) is 0 Å². The highest BCUT2D eigenvalue weighted by Gasteiger charge is 2.41. The highest BCUT2D eigenvalue weighted by atomic mass is 32.2. The average Bonchev–Trinajstić information content (AvgIpc) is 2.46. The summed E-state index contributed by atoms with van der Waals surface area (Å²) in [4.78, 5) is 0. The Morgan fingerprint density at radius 1 is 1.35 bits per heavy atom. The highest BCUT2D eigenvalue weighted by Crippen LogP contribution is 2.46. The summed E-state index contributed by atoms with van der Waals surface area (Å²) < 4.78 is 31.6. The Labute approximate surface area is 121 Å². The number of fused-ring (bicyclic) bond motifs is 1. The lowest BCUT2D eigenvalue weighted by Gasteiger charge is -2.25. The van der Waals surface area contributed by atoms with Crippen molar-refractivity contribution >= 4 is 10.1 Å². The summed E-state index contributed by atoms with van der Waals surface area (Å²) in [5.41, 5.74) is 2.26. The van der Waals surface area contributed by atoms with Gasteiger partial charge in [0.1, 0.15) is 0 Å². The second-order valence-corrected chi connectivity index (χ2v) is 8.04. The molecule has 0 aliphatic heterocycles. The highest BCUT2D eigenvalue weighted by molar-refractivity contribution is 7.86. The van der Waals surface area contributed by atoms with Crippen LogP contribution in [0.4, 0.5) is 0 Å². The monoisotopic (exact) mass is 300 g/mol. The maximum absolute atomic E-state index is 11.2. The molecule has 2 N–H and O–H groups in total. The third kappa shape index (κ3) is 3.32. The molecule has 0 radical (unpaired) electrons. The Balaban J connectivity index is 2.43. The molecule has 114 valence electrons. The molecular weight excluding hydrogens is 276 g/mol. The Kier molecular flexibility index (Phi) is 4.15. The number of rotatable bonds is 3. The molecule has 20 heavy (non-hydrogen) atoms. The molecule has 1 fully saturated rings. The number of hydrogen-bond acceptors (Lipinski definition) is 3. The topological polar surface area (TPSA) is 74.6 Å². The molecule has 0 heterocycles. The molecule has 2 aliphatic carbocycles. The van der Waals surface area contributed by atoms with Crippen LogP contribution in [0.2, 0.25) is 0 Å². The summed E-state index contributed by atoms with van der Waals surface area (Å²) in [6.45, 7) is 6.04. The molecule has 0 amide bonds. The van der Waals surface area contributed by atoms with Gasteiger partial charge in [-0.15, -0.1) is 0 Å². The molecular formula is C15H24O4S. The van der Waals surface area contributed by atoms with E-state index in [0.717, 1.165) is 17.6 Å². The zero-order valence-electron chi connectivity index (χ0n) is 12.4. The molecule has 5 heteroatoms. The van der Waals surface area contributed by atoms with Crippen LogP contribution in [-0.2, 0) is 10.1 Å². The van der Waals surface area contributed by atoms with Crippen molar-refractivity contribution in [2.45, 2.75) is 52.1 Å². The predicted octanol–water partition coefficient (Wildman–Crippen LogP) is 2.71. The van der Waals surface area contributed by atoms with E-state index >= 15 is 0 Å². The second kappa shape index (κ2) is 5.28. The van der Waals surface area contributed by atoms with Gasteiger partial charge in [0.2, 0.25) is 0 Å². The van der Waals surface area contributed by atoms with E-state index in [1.807, 2.05) is 6.92 Å². The van der Waals surface area contributed by atoms with Gasteiger partial charge in [-0.05, 0) is 38.5 Å². The number of aliphatic hydroxyl groups is 1. The molecule has 0 saturated heterocycles. The molecule has 2 aliphatic rings. The Hall–Kier alpha value is -0.650. The van der Waals surface area contributed by atoms with Crippen LogP contribution >= 0.6 is 0 Å². The van der Waals surface area contributed by atoms with E-state index in [2.05, 4.69) is 19.9 Å². The minimum Gasteiger partial charge on any atom is -0.389 e. The van der Waals surface area contributed by atoms with Crippen molar-refractivity contribution in [2.24, 2.45) is 11.8 Å². The van der Waals surface area contributed by atoms with Crippen molar-refractivity contribution in [2.75, 3.05) is 5.75 Å². The summed E-state index contributed by atoms with van der Waals surface area (Å²) >= 11 is 0. The minimum atomic E-state index is -4.02. The van der Waals surface area contributed by atoms with Crippen LogP contribution in [0, 0.1) is 11.8 Å². The van der Waals surface area contributed by atoms with E-state index in [4.69, 9.17) is 4.55 Å². The van der Waals surface area contributed by atoms with E-state index in [1.54, 1.807) is 0 Å².